The van der Waals surface area contributed by atoms with Gasteiger partial charge in [0, 0.05) is 44.4 Å². The Morgan fingerprint density at radius 2 is 1.92 bits per heavy atom. The van der Waals surface area contributed by atoms with Gasteiger partial charge in [0.05, 0.1) is 34.7 Å². The number of rotatable bonds is 8. The number of hydrogen-bond acceptors (Lipinski definition) is 9. The number of carbonyl (C=O) groups is 2. The third-order valence-corrected chi connectivity index (χ3v) is 9.31. The van der Waals surface area contributed by atoms with Gasteiger partial charge in [0.25, 0.3) is 5.91 Å². The van der Waals surface area contributed by atoms with Crippen molar-refractivity contribution in [2.75, 3.05) is 34.1 Å². The van der Waals surface area contributed by atoms with Crippen LogP contribution in [0.4, 0.5) is 0 Å². The predicted molar refractivity (Wildman–Crippen MR) is 138 cm³/mol. The Balaban J connectivity index is 1.42. The number of esters is 1. The standard InChI is InChI=1S/C25H27N3O8S2/c1-27(14-17-4-3-11-34-17)38(31,32)18-7-5-16(6-8-18)24(30)26-25-28(10-9-23(29)33-2)19-12-20-21(36-15-35-20)13-22(19)37-25/h5-8,12-13,17H,3-4,9-11,14-15H2,1-2H3. The van der Waals surface area contributed by atoms with E-state index in [-0.39, 0.29) is 42.9 Å². The first-order chi connectivity index (χ1) is 18.3. The number of likely N-dealkylation sites (N-methyl/N-ethyl adjacent to an activating group) is 1. The zero-order valence-electron chi connectivity index (χ0n) is 20.9. The molecule has 1 amide bonds. The van der Waals surface area contributed by atoms with Gasteiger partial charge in [-0.3, -0.25) is 9.59 Å². The summed E-state index contributed by atoms with van der Waals surface area (Å²) in [5.41, 5.74) is 0.974. The van der Waals surface area contributed by atoms with E-state index in [0.29, 0.717) is 22.9 Å². The quantitative estimate of drug-likeness (QED) is 0.384. The molecular formula is C25H27N3O8S2. The van der Waals surface area contributed by atoms with Crippen molar-refractivity contribution >= 4 is 43.5 Å². The molecule has 1 aromatic heterocycles. The van der Waals surface area contributed by atoms with Crippen LogP contribution in [-0.4, -0.2) is 69.4 Å². The lowest BCUT2D eigenvalue weighted by molar-refractivity contribution is -0.140. The Hall–Kier alpha value is -3.26. The summed E-state index contributed by atoms with van der Waals surface area (Å²) in [5.74, 6) is 0.232. The van der Waals surface area contributed by atoms with Crippen molar-refractivity contribution in [1.29, 1.82) is 0 Å². The van der Waals surface area contributed by atoms with Crippen molar-refractivity contribution in [3.63, 3.8) is 0 Å². The highest BCUT2D eigenvalue weighted by Crippen LogP contribution is 2.37. The summed E-state index contributed by atoms with van der Waals surface area (Å²) in [4.78, 5) is 29.6. The molecule has 1 saturated heterocycles. The lowest BCUT2D eigenvalue weighted by Crippen LogP contribution is -2.34. The largest absolute Gasteiger partial charge is 0.469 e. The molecule has 0 N–H and O–H groups in total. The molecule has 0 spiro atoms. The molecule has 1 atom stereocenters. The first-order valence-corrected chi connectivity index (χ1v) is 14.3. The molecule has 38 heavy (non-hydrogen) atoms. The first kappa shape index (κ1) is 26.4. The number of aromatic nitrogens is 1. The smallest absolute Gasteiger partial charge is 0.307 e. The van der Waals surface area contributed by atoms with Gasteiger partial charge in [0.2, 0.25) is 16.8 Å². The number of hydrogen-bond donors (Lipinski definition) is 0. The van der Waals surface area contributed by atoms with Crippen molar-refractivity contribution in [3.8, 4) is 11.5 Å². The van der Waals surface area contributed by atoms with Gasteiger partial charge < -0.3 is 23.5 Å². The summed E-state index contributed by atoms with van der Waals surface area (Å²) in [6.07, 6.45) is 1.73. The molecule has 3 aromatic rings. The fraction of sp³-hybridized carbons (Fsp3) is 0.400. The van der Waals surface area contributed by atoms with E-state index in [1.165, 1.54) is 54.1 Å². The molecule has 2 aliphatic rings. The molecule has 0 bridgehead atoms. The highest BCUT2D eigenvalue weighted by atomic mass is 32.2. The van der Waals surface area contributed by atoms with Gasteiger partial charge in [-0.15, -0.1) is 0 Å². The third-order valence-electron chi connectivity index (χ3n) is 6.44. The number of nitrogens with zero attached hydrogens (tertiary/aromatic N) is 3. The number of thiazole rings is 1. The van der Waals surface area contributed by atoms with Gasteiger partial charge in [-0.25, -0.2) is 8.42 Å². The van der Waals surface area contributed by atoms with Gasteiger partial charge in [0.1, 0.15) is 0 Å². The van der Waals surface area contributed by atoms with E-state index in [0.717, 1.165) is 23.1 Å². The summed E-state index contributed by atoms with van der Waals surface area (Å²) < 4.78 is 51.0. The Morgan fingerprint density at radius 3 is 2.61 bits per heavy atom. The van der Waals surface area contributed by atoms with E-state index in [2.05, 4.69) is 4.99 Å². The molecule has 1 unspecified atom stereocenters. The second kappa shape index (κ2) is 10.8. The van der Waals surface area contributed by atoms with Crippen LogP contribution >= 0.6 is 11.3 Å². The average molecular weight is 562 g/mol. The zero-order valence-corrected chi connectivity index (χ0v) is 22.5. The maximum absolute atomic E-state index is 13.1. The number of sulfonamides is 1. The minimum absolute atomic E-state index is 0.0825. The maximum Gasteiger partial charge on any atom is 0.307 e. The van der Waals surface area contributed by atoms with Crippen molar-refractivity contribution < 1.29 is 37.0 Å². The topological polar surface area (TPSA) is 126 Å². The Morgan fingerprint density at radius 1 is 1.18 bits per heavy atom. The van der Waals surface area contributed by atoms with Crippen LogP contribution < -0.4 is 14.3 Å². The van der Waals surface area contributed by atoms with Crippen molar-refractivity contribution in [2.45, 2.75) is 36.8 Å². The molecule has 13 heteroatoms. The number of benzene rings is 2. The fourth-order valence-electron chi connectivity index (χ4n) is 4.34. The number of ether oxygens (including phenoxy) is 4. The van der Waals surface area contributed by atoms with Crippen LogP contribution in [0, 0.1) is 0 Å². The summed E-state index contributed by atoms with van der Waals surface area (Å²) in [6, 6.07) is 9.30. The predicted octanol–water partition coefficient (Wildman–Crippen LogP) is 2.54. The van der Waals surface area contributed by atoms with Gasteiger partial charge in [-0.2, -0.15) is 9.30 Å². The first-order valence-electron chi connectivity index (χ1n) is 12.0. The van der Waals surface area contributed by atoms with Crippen LogP contribution in [0.15, 0.2) is 46.3 Å². The Kier molecular flexibility index (Phi) is 7.52. The van der Waals surface area contributed by atoms with E-state index in [1.807, 2.05) is 6.07 Å². The molecule has 0 aliphatic carbocycles. The van der Waals surface area contributed by atoms with Crippen LogP contribution in [0.25, 0.3) is 10.2 Å². The minimum atomic E-state index is -3.73. The lowest BCUT2D eigenvalue weighted by atomic mass is 10.2. The van der Waals surface area contributed by atoms with Crippen molar-refractivity contribution in [3.05, 3.63) is 46.8 Å². The van der Waals surface area contributed by atoms with E-state index >= 15 is 0 Å². The number of fused-ring (bicyclic) bond motifs is 2. The highest BCUT2D eigenvalue weighted by Gasteiger charge is 2.26. The normalized spacial score (nSPS) is 17.4. The molecular weight excluding hydrogens is 534 g/mol. The summed E-state index contributed by atoms with van der Waals surface area (Å²) in [7, 11) is -0.898. The molecule has 0 saturated carbocycles. The molecule has 2 aromatic carbocycles. The molecule has 202 valence electrons. The van der Waals surface area contributed by atoms with Gasteiger partial charge in [0.15, 0.2) is 16.3 Å². The van der Waals surface area contributed by atoms with Gasteiger partial charge in [-0.1, -0.05) is 11.3 Å². The van der Waals surface area contributed by atoms with E-state index in [9.17, 15) is 18.0 Å². The minimum Gasteiger partial charge on any atom is -0.469 e. The number of amides is 1. The van der Waals surface area contributed by atoms with Gasteiger partial charge >= 0.3 is 5.97 Å². The second-order valence-electron chi connectivity index (χ2n) is 8.90. The van der Waals surface area contributed by atoms with Gasteiger partial charge in [-0.05, 0) is 37.1 Å². The highest BCUT2D eigenvalue weighted by molar-refractivity contribution is 7.89. The SMILES string of the molecule is COC(=O)CCn1c(=NC(=O)c2ccc(S(=O)(=O)N(C)CC3CCCO3)cc2)sc2cc3c(cc21)OCO3. The summed E-state index contributed by atoms with van der Waals surface area (Å²) >= 11 is 1.27. The Bertz CT molecular complexity index is 1540. The summed E-state index contributed by atoms with van der Waals surface area (Å²) in [5, 5.41) is 0. The maximum atomic E-state index is 13.1. The molecule has 2 aliphatic heterocycles. The molecule has 1 fully saturated rings. The number of carbonyl (C=O) groups excluding carboxylic acids is 2. The Labute approximate surface area is 223 Å². The monoisotopic (exact) mass is 561 g/mol. The molecule has 11 nitrogen and oxygen atoms in total. The molecule has 5 rings (SSSR count). The lowest BCUT2D eigenvalue weighted by Gasteiger charge is -2.20. The fourth-order valence-corrected chi connectivity index (χ4v) is 6.61. The van der Waals surface area contributed by atoms with Crippen molar-refractivity contribution in [2.24, 2.45) is 4.99 Å². The van der Waals surface area contributed by atoms with Crippen LogP contribution in [0.3, 0.4) is 0 Å². The average Bonchev–Trinajstić information content (AvgIpc) is 3.66. The summed E-state index contributed by atoms with van der Waals surface area (Å²) in [6.45, 7) is 1.29. The van der Waals surface area contributed by atoms with Crippen molar-refractivity contribution in [1.82, 2.24) is 8.87 Å². The van der Waals surface area contributed by atoms with Crippen LogP contribution in [0.2, 0.25) is 0 Å². The second-order valence-corrected chi connectivity index (χ2v) is 12.0. The van der Waals surface area contributed by atoms with E-state index < -0.39 is 21.9 Å². The number of methoxy groups -OCH3 is 1. The molecule has 0 radical (unpaired) electrons. The zero-order chi connectivity index (χ0) is 26.9. The van der Waals surface area contributed by atoms with E-state index in [4.69, 9.17) is 18.9 Å². The number of aryl methyl sites for hydroxylation is 1. The van der Waals surface area contributed by atoms with E-state index in [1.54, 1.807) is 10.6 Å². The van der Waals surface area contributed by atoms with Crippen LogP contribution in [0.1, 0.15) is 29.6 Å². The van der Waals surface area contributed by atoms with Crippen LogP contribution in [-0.2, 0) is 30.8 Å². The third kappa shape index (κ3) is 5.32. The van der Waals surface area contributed by atoms with Crippen LogP contribution in [0.5, 0.6) is 11.5 Å². The molecule has 3 heterocycles.